The largest absolute Gasteiger partial charge is 0.360 e. The second-order valence-electron chi connectivity index (χ2n) is 4.12. The summed E-state index contributed by atoms with van der Waals surface area (Å²) in [5, 5.41) is 1.90. The predicted molar refractivity (Wildman–Crippen MR) is 68.8 cm³/mol. The van der Waals surface area contributed by atoms with E-state index in [9.17, 15) is 0 Å². The third kappa shape index (κ3) is 1.82. The number of hydrogen-bond acceptors (Lipinski definition) is 2. The van der Waals surface area contributed by atoms with Gasteiger partial charge in [-0.15, -0.1) is 0 Å². The van der Waals surface area contributed by atoms with Gasteiger partial charge in [0.1, 0.15) is 0 Å². The Morgan fingerprint density at radius 3 is 2.81 bits per heavy atom. The van der Waals surface area contributed by atoms with Gasteiger partial charge in [0.05, 0.1) is 10.5 Å². The number of nitrogens with two attached hydrogens (primary N) is 1. The maximum atomic E-state index is 6.12. The van der Waals surface area contributed by atoms with E-state index >= 15 is 0 Å². The maximum Gasteiger partial charge on any atom is 0.0647 e. The summed E-state index contributed by atoms with van der Waals surface area (Å²) in [4.78, 5) is 5.33. The van der Waals surface area contributed by atoms with E-state index in [-0.39, 0.29) is 6.04 Å². The molecule has 16 heavy (non-hydrogen) atoms. The summed E-state index contributed by atoms with van der Waals surface area (Å²) < 4.78 is 0. The summed E-state index contributed by atoms with van der Waals surface area (Å²) in [6.45, 7) is 0.590. The van der Waals surface area contributed by atoms with E-state index in [0.717, 1.165) is 15.9 Å². The zero-order valence-corrected chi connectivity index (χ0v) is 10.3. The Bertz CT molecular complexity index is 490. The molecule has 0 fully saturated rings. The highest BCUT2D eigenvalue weighted by Crippen LogP contribution is 2.30. The number of nitrogens with one attached hydrogen (secondary N) is 1. The predicted octanol–water partition coefficient (Wildman–Crippen LogP) is 2.38. The zero-order chi connectivity index (χ0) is 11.7. The first-order valence-corrected chi connectivity index (χ1v) is 5.65. The average molecular weight is 238 g/mol. The highest BCUT2D eigenvalue weighted by molar-refractivity contribution is 6.35. The van der Waals surface area contributed by atoms with Gasteiger partial charge in [-0.3, -0.25) is 0 Å². The molecule has 0 radical (unpaired) electrons. The third-order valence-corrected chi connectivity index (χ3v) is 3.22. The van der Waals surface area contributed by atoms with Gasteiger partial charge in [-0.05, 0) is 25.7 Å². The van der Waals surface area contributed by atoms with Crippen LogP contribution >= 0.6 is 11.6 Å². The van der Waals surface area contributed by atoms with Crippen LogP contribution in [0.15, 0.2) is 24.4 Å². The molecule has 0 amide bonds. The van der Waals surface area contributed by atoms with Crippen molar-refractivity contribution in [3.8, 4) is 0 Å². The van der Waals surface area contributed by atoms with E-state index in [1.54, 1.807) is 0 Å². The number of benzene rings is 1. The quantitative estimate of drug-likeness (QED) is 0.861. The van der Waals surface area contributed by atoms with E-state index in [4.69, 9.17) is 17.3 Å². The molecule has 1 heterocycles. The Hall–Kier alpha value is -1.03. The molecule has 1 aromatic carbocycles. The molecule has 0 saturated heterocycles. The second-order valence-corrected chi connectivity index (χ2v) is 4.53. The molecule has 1 atom stereocenters. The topological polar surface area (TPSA) is 45.0 Å². The molecule has 3 nitrogen and oxygen atoms in total. The van der Waals surface area contributed by atoms with Gasteiger partial charge in [-0.2, -0.15) is 0 Å². The van der Waals surface area contributed by atoms with Crippen LogP contribution in [0.25, 0.3) is 10.9 Å². The van der Waals surface area contributed by atoms with Crippen LogP contribution in [0.4, 0.5) is 0 Å². The summed E-state index contributed by atoms with van der Waals surface area (Å²) in [7, 11) is 4.06. The first-order valence-electron chi connectivity index (χ1n) is 5.27. The summed E-state index contributed by atoms with van der Waals surface area (Å²) in [5.41, 5.74) is 7.99. The molecular formula is C12H16ClN3. The van der Waals surface area contributed by atoms with Crippen molar-refractivity contribution in [1.29, 1.82) is 0 Å². The molecule has 0 aliphatic rings. The molecule has 0 aliphatic carbocycles. The second kappa shape index (κ2) is 4.45. The fourth-order valence-corrected chi connectivity index (χ4v) is 2.26. The minimum atomic E-state index is 0.215. The summed E-state index contributed by atoms with van der Waals surface area (Å²) in [6, 6.07) is 6.13. The fraction of sp³-hybridized carbons (Fsp3) is 0.333. The first-order chi connectivity index (χ1) is 7.65. The normalized spacial score (nSPS) is 13.6. The lowest BCUT2D eigenvalue weighted by molar-refractivity contribution is 0.308. The van der Waals surface area contributed by atoms with Gasteiger partial charge in [-0.1, -0.05) is 23.7 Å². The van der Waals surface area contributed by atoms with Crippen molar-refractivity contribution in [2.24, 2.45) is 5.73 Å². The number of aromatic nitrogens is 1. The van der Waals surface area contributed by atoms with Crippen LogP contribution in [-0.4, -0.2) is 30.5 Å². The van der Waals surface area contributed by atoms with E-state index in [0.29, 0.717) is 6.54 Å². The van der Waals surface area contributed by atoms with E-state index in [1.807, 2.05) is 32.4 Å². The van der Waals surface area contributed by atoms with Crippen LogP contribution in [-0.2, 0) is 0 Å². The molecule has 0 aliphatic heterocycles. The maximum absolute atomic E-state index is 6.12. The van der Waals surface area contributed by atoms with Gasteiger partial charge in [0, 0.05) is 24.2 Å². The van der Waals surface area contributed by atoms with E-state index < -0.39 is 0 Å². The van der Waals surface area contributed by atoms with Crippen LogP contribution in [0.5, 0.6) is 0 Å². The molecule has 2 aromatic rings. The summed E-state index contributed by atoms with van der Waals surface area (Å²) in [6.07, 6.45) is 1.99. The molecule has 86 valence electrons. The van der Waals surface area contributed by atoms with Crippen molar-refractivity contribution < 1.29 is 0 Å². The number of halogens is 1. The molecule has 3 N–H and O–H groups in total. The van der Waals surface area contributed by atoms with Gasteiger partial charge in [-0.25, -0.2) is 0 Å². The lowest BCUT2D eigenvalue weighted by atomic mass is 10.1. The number of fused-ring (bicyclic) bond motifs is 1. The molecule has 0 spiro atoms. The molecular weight excluding hydrogens is 222 g/mol. The first kappa shape index (κ1) is 11.5. The Morgan fingerprint density at radius 2 is 2.19 bits per heavy atom. The smallest absolute Gasteiger partial charge is 0.0647 e. The van der Waals surface area contributed by atoms with Crippen LogP contribution in [0.3, 0.4) is 0 Å². The van der Waals surface area contributed by atoms with Gasteiger partial charge in [0.25, 0.3) is 0 Å². The van der Waals surface area contributed by atoms with Gasteiger partial charge < -0.3 is 15.6 Å². The molecule has 1 aromatic heterocycles. The highest BCUT2D eigenvalue weighted by atomic mass is 35.5. The molecule has 2 rings (SSSR count). The van der Waals surface area contributed by atoms with Crippen molar-refractivity contribution in [3.63, 3.8) is 0 Å². The monoisotopic (exact) mass is 237 g/mol. The number of hydrogen-bond donors (Lipinski definition) is 2. The number of rotatable bonds is 3. The minimum Gasteiger partial charge on any atom is -0.360 e. The number of aromatic amines is 1. The third-order valence-electron chi connectivity index (χ3n) is 2.90. The van der Waals surface area contributed by atoms with Crippen LogP contribution in [0.2, 0.25) is 5.02 Å². The zero-order valence-electron chi connectivity index (χ0n) is 9.50. The van der Waals surface area contributed by atoms with Crippen LogP contribution in [0.1, 0.15) is 11.6 Å². The summed E-state index contributed by atoms with van der Waals surface area (Å²) in [5.74, 6) is 0. The van der Waals surface area contributed by atoms with Crippen molar-refractivity contribution in [3.05, 3.63) is 35.0 Å². The Morgan fingerprint density at radius 1 is 1.44 bits per heavy atom. The standard InChI is InChI=1S/C12H16ClN3/c1-16(2)11(6-14)9-7-15-12-8(9)4-3-5-10(12)13/h3-5,7,11,15H,6,14H2,1-2H3. The number of H-pyrrole nitrogens is 1. The Balaban J connectivity index is 2.57. The van der Waals surface area contributed by atoms with E-state index in [1.165, 1.54) is 5.56 Å². The molecule has 0 saturated carbocycles. The molecule has 4 heteroatoms. The number of para-hydroxylation sites is 1. The van der Waals surface area contributed by atoms with Crippen LogP contribution < -0.4 is 5.73 Å². The van der Waals surface area contributed by atoms with E-state index in [2.05, 4.69) is 16.0 Å². The summed E-state index contributed by atoms with van der Waals surface area (Å²) >= 11 is 6.12. The van der Waals surface area contributed by atoms with Gasteiger partial charge in [0.15, 0.2) is 0 Å². The number of likely N-dealkylation sites (N-methyl/N-ethyl adjacent to an activating group) is 1. The molecule has 0 bridgehead atoms. The molecule has 1 unspecified atom stereocenters. The highest BCUT2D eigenvalue weighted by Gasteiger charge is 2.16. The van der Waals surface area contributed by atoms with Gasteiger partial charge >= 0.3 is 0 Å². The van der Waals surface area contributed by atoms with Crippen molar-refractivity contribution in [2.75, 3.05) is 20.6 Å². The minimum absolute atomic E-state index is 0.215. The van der Waals surface area contributed by atoms with Crippen molar-refractivity contribution in [2.45, 2.75) is 6.04 Å². The lowest BCUT2D eigenvalue weighted by Gasteiger charge is -2.22. The Labute approximate surface area is 100 Å². The van der Waals surface area contributed by atoms with Crippen LogP contribution in [0, 0.1) is 0 Å². The lowest BCUT2D eigenvalue weighted by Crippen LogP contribution is -2.26. The van der Waals surface area contributed by atoms with Crippen molar-refractivity contribution in [1.82, 2.24) is 9.88 Å². The van der Waals surface area contributed by atoms with Crippen molar-refractivity contribution >= 4 is 22.5 Å². The average Bonchev–Trinajstić information content (AvgIpc) is 2.64. The Kier molecular flexibility index (Phi) is 3.19. The number of nitrogens with zero attached hydrogens (tertiary/aromatic N) is 1. The van der Waals surface area contributed by atoms with Gasteiger partial charge in [0.2, 0.25) is 0 Å². The fourth-order valence-electron chi connectivity index (χ4n) is 2.03. The SMILES string of the molecule is CN(C)C(CN)c1c[nH]c2c(Cl)cccc12.